The van der Waals surface area contributed by atoms with Crippen LogP contribution >= 0.6 is 23.1 Å². The maximum absolute atomic E-state index is 12.4. The van der Waals surface area contributed by atoms with Gasteiger partial charge in [0, 0.05) is 12.2 Å². The first kappa shape index (κ1) is 17.7. The highest BCUT2D eigenvalue weighted by molar-refractivity contribution is 8.02. The molecule has 1 heterocycles. The molecule has 124 valence electrons. The molecule has 0 aliphatic carbocycles. The highest BCUT2D eigenvalue weighted by Crippen LogP contribution is 2.30. The Hall–Kier alpha value is -1.60. The fourth-order valence-corrected chi connectivity index (χ4v) is 4.25. The van der Waals surface area contributed by atoms with E-state index in [1.807, 2.05) is 27.7 Å². The van der Waals surface area contributed by atoms with Gasteiger partial charge in [-0.25, -0.2) is 0 Å². The van der Waals surface area contributed by atoms with E-state index in [-0.39, 0.29) is 11.2 Å². The van der Waals surface area contributed by atoms with E-state index in [0.29, 0.717) is 0 Å². The number of thioether (sulfide) groups is 1. The van der Waals surface area contributed by atoms with E-state index in [9.17, 15) is 4.79 Å². The van der Waals surface area contributed by atoms with E-state index in [4.69, 9.17) is 0 Å². The lowest BCUT2D eigenvalue weighted by Gasteiger charge is -2.15. The van der Waals surface area contributed by atoms with Gasteiger partial charge in [0.1, 0.15) is 0 Å². The van der Waals surface area contributed by atoms with Crippen LogP contribution in [0.3, 0.4) is 0 Å². The average Bonchev–Trinajstić information content (AvgIpc) is 2.90. The zero-order valence-electron chi connectivity index (χ0n) is 14.1. The number of nitrogens with one attached hydrogen (secondary N) is 2. The van der Waals surface area contributed by atoms with Crippen LogP contribution in [0.4, 0.5) is 10.8 Å². The molecule has 2 rings (SSSR count). The highest BCUT2D eigenvalue weighted by atomic mass is 32.2. The standard InChI is InChI=1S/C16H22N4OS2/c1-6-17-15-19-20-16(23-15)22-12(5)14(21)18-13-10(3)7-9(2)8-11(13)4/h7-8,12H,6H2,1-5H3,(H,17,19)(H,18,21)/t12-/m0/s1. The molecule has 1 aromatic carbocycles. The molecule has 0 saturated carbocycles. The Balaban J connectivity index is 2.02. The summed E-state index contributed by atoms with van der Waals surface area (Å²) in [7, 11) is 0. The Kier molecular flexibility index (Phi) is 6.01. The molecule has 0 unspecified atom stereocenters. The van der Waals surface area contributed by atoms with Crippen molar-refractivity contribution >= 4 is 39.8 Å². The SMILES string of the molecule is CCNc1nnc(S[C@@H](C)C(=O)Nc2c(C)cc(C)cc2C)s1. The van der Waals surface area contributed by atoms with Crippen LogP contribution in [0.25, 0.3) is 0 Å². The summed E-state index contributed by atoms with van der Waals surface area (Å²) < 4.78 is 0.793. The van der Waals surface area contributed by atoms with E-state index < -0.39 is 0 Å². The van der Waals surface area contributed by atoms with Crippen LogP contribution < -0.4 is 10.6 Å². The van der Waals surface area contributed by atoms with E-state index in [2.05, 4.69) is 39.9 Å². The number of hydrogen-bond donors (Lipinski definition) is 2. The summed E-state index contributed by atoms with van der Waals surface area (Å²) in [4.78, 5) is 12.4. The number of carbonyl (C=O) groups is 1. The molecule has 0 bridgehead atoms. The summed E-state index contributed by atoms with van der Waals surface area (Å²) in [5.74, 6) is -0.0229. The van der Waals surface area contributed by atoms with Gasteiger partial charge >= 0.3 is 0 Å². The normalized spacial score (nSPS) is 12.0. The predicted molar refractivity (Wildman–Crippen MR) is 98.7 cm³/mol. The minimum atomic E-state index is -0.238. The fourth-order valence-electron chi connectivity index (χ4n) is 2.29. The lowest BCUT2D eigenvalue weighted by atomic mass is 10.1. The van der Waals surface area contributed by atoms with Crippen molar-refractivity contribution in [1.29, 1.82) is 0 Å². The number of benzene rings is 1. The van der Waals surface area contributed by atoms with E-state index >= 15 is 0 Å². The first-order valence-electron chi connectivity index (χ1n) is 7.53. The summed E-state index contributed by atoms with van der Waals surface area (Å²) >= 11 is 2.89. The van der Waals surface area contributed by atoms with Gasteiger partial charge in [0.05, 0.1) is 5.25 Å². The maximum atomic E-state index is 12.4. The first-order valence-corrected chi connectivity index (χ1v) is 9.23. The van der Waals surface area contributed by atoms with Gasteiger partial charge in [0.15, 0.2) is 4.34 Å². The average molecular weight is 351 g/mol. The summed E-state index contributed by atoms with van der Waals surface area (Å²) in [5, 5.41) is 14.9. The molecule has 5 nitrogen and oxygen atoms in total. The van der Waals surface area contributed by atoms with Crippen LogP contribution in [-0.4, -0.2) is 27.9 Å². The van der Waals surface area contributed by atoms with Crippen molar-refractivity contribution in [3.05, 3.63) is 28.8 Å². The topological polar surface area (TPSA) is 66.9 Å². The Morgan fingerprint density at radius 2 is 1.91 bits per heavy atom. The van der Waals surface area contributed by atoms with E-state index in [0.717, 1.165) is 32.8 Å². The van der Waals surface area contributed by atoms with Gasteiger partial charge in [0.25, 0.3) is 0 Å². The van der Waals surface area contributed by atoms with Crippen molar-refractivity contribution in [3.8, 4) is 0 Å². The van der Waals surface area contributed by atoms with Gasteiger partial charge in [-0.15, -0.1) is 10.2 Å². The molecular formula is C16H22N4OS2. The second-order valence-corrected chi connectivity index (χ2v) is 7.99. The minimum absolute atomic E-state index is 0.0229. The molecular weight excluding hydrogens is 328 g/mol. The van der Waals surface area contributed by atoms with Crippen molar-refractivity contribution < 1.29 is 4.79 Å². The second-order valence-electron chi connectivity index (χ2n) is 5.43. The van der Waals surface area contributed by atoms with Crippen molar-refractivity contribution in [2.75, 3.05) is 17.2 Å². The molecule has 0 aliphatic heterocycles. The molecule has 2 aromatic rings. The third-order valence-electron chi connectivity index (χ3n) is 3.31. The zero-order chi connectivity index (χ0) is 17.0. The van der Waals surface area contributed by atoms with Crippen LogP contribution in [0, 0.1) is 20.8 Å². The summed E-state index contributed by atoms with van der Waals surface area (Å²) in [6.45, 7) is 10.8. The van der Waals surface area contributed by atoms with Crippen LogP contribution in [0.2, 0.25) is 0 Å². The van der Waals surface area contributed by atoms with Crippen LogP contribution in [0.15, 0.2) is 16.5 Å². The van der Waals surface area contributed by atoms with E-state index in [1.165, 1.54) is 28.7 Å². The number of amides is 1. The number of aryl methyl sites for hydroxylation is 3. The van der Waals surface area contributed by atoms with Crippen LogP contribution in [0.5, 0.6) is 0 Å². The number of hydrogen-bond acceptors (Lipinski definition) is 6. The maximum Gasteiger partial charge on any atom is 0.237 e. The molecule has 0 spiro atoms. The monoisotopic (exact) mass is 350 g/mol. The predicted octanol–water partition coefficient (Wildman–Crippen LogP) is 4.01. The minimum Gasteiger partial charge on any atom is -0.360 e. The molecule has 1 aromatic heterocycles. The number of nitrogens with zero attached hydrogens (tertiary/aromatic N) is 2. The smallest absolute Gasteiger partial charge is 0.237 e. The quantitative estimate of drug-likeness (QED) is 0.770. The fraction of sp³-hybridized carbons (Fsp3) is 0.438. The van der Waals surface area contributed by atoms with Gasteiger partial charge < -0.3 is 10.6 Å². The number of anilines is 2. The van der Waals surface area contributed by atoms with E-state index in [1.54, 1.807) is 0 Å². The molecule has 7 heteroatoms. The van der Waals surface area contributed by atoms with Gasteiger partial charge in [0.2, 0.25) is 11.0 Å². The lowest BCUT2D eigenvalue weighted by molar-refractivity contribution is -0.115. The van der Waals surface area contributed by atoms with Crippen molar-refractivity contribution in [2.45, 2.75) is 44.2 Å². The van der Waals surface area contributed by atoms with Gasteiger partial charge in [-0.2, -0.15) is 0 Å². The van der Waals surface area contributed by atoms with Crippen molar-refractivity contribution in [3.63, 3.8) is 0 Å². The van der Waals surface area contributed by atoms with Gasteiger partial charge in [-0.3, -0.25) is 4.79 Å². The van der Waals surface area contributed by atoms with Gasteiger partial charge in [-0.05, 0) is 45.7 Å². The molecule has 0 radical (unpaired) electrons. The summed E-state index contributed by atoms with van der Waals surface area (Å²) in [5.41, 5.74) is 4.26. The second kappa shape index (κ2) is 7.79. The van der Waals surface area contributed by atoms with Crippen LogP contribution in [-0.2, 0) is 4.79 Å². The Labute approximate surface area is 145 Å². The Morgan fingerprint density at radius 1 is 1.26 bits per heavy atom. The largest absolute Gasteiger partial charge is 0.360 e. The Bertz CT molecular complexity index is 676. The first-order chi connectivity index (χ1) is 10.9. The third kappa shape index (κ3) is 4.68. The molecule has 0 saturated heterocycles. The van der Waals surface area contributed by atoms with Crippen molar-refractivity contribution in [2.24, 2.45) is 0 Å². The van der Waals surface area contributed by atoms with Gasteiger partial charge in [-0.1, -0.05) is 40.8 Å². The number of rotatable bonds is 6. The third-order valence-corrected chi connectivity index (χ3v) is 5.37. The molecule has 1 atom stereocenters. The molecule has 23 heavy (non-hydrogen) atoms. The molecule has 0 aliphatic rings. The summed E-state index contributed by atoms with van der Waals surface area (Å²) in [6, 6.07) is 4.15. The zero-order valence-corrected chi connectivity index (χ0v) is 15.7. The van der Waals surface area contributed by atoms with Crippen molar-refractivity contribution in [1.82, 2.24) is 10.2 Å². The summed E-state index contributed by atoms with van der Waals surface area (Å²) in [6.07, 6.45) is 0. The lowest BCUT2D eigenvalue weighted by Crippen LogP contribution is -2.23. The Morgan fingerprint density at radius 3 is 2.52 bits per heavy atom. The highest BCUT2D eigenvalue weighted by Gasteiger charge is 2.18. The number of aromatic nitrogens is 2. The number of carbonyl (C=O) groups excluding carboxylic acids is 1. The molecule has 2 N–H and O–H groups in total. The molecule has 1 amide bonds. The molecule has 0 fully saturated rings. The van der Waals surface area contributed by atoms with Crippen LogP contribution in [0.1, 0.15) is 30.5 Å².